The molecule has 0 fully saturated rings. The van der Waals surface area contributed by atoms with Crippen molar-refractivity contribution in [2.45, 2.75) is 13.3 Å². The second-order valence-electron chi connectivity index (χ2n) is 6.87. The van der Waals surface area contributed by atoms with Crippen molar-refractivity contribution in [1.29, 1.82) is 5.26 Å². The Labute approximate surface area is 175 Å². The summed E-state index contributed by atoms with van der Waals surface area (Å²) in [6.07, 6.45) is 2.02. The molecule has 0 aliphatic heterocycles. The fourth-order valence-corrected chi connectivity index (χ4v) is 3.10. The SMILES string of the molecule is COc1cc(/C=C(\C#N)C(=O)Nc2cccc(C)c2)ccc1Cc1cccc(F)c1. The number of anilines is 1. The molecule has 0 unspecified atom stereocenters. The Kier molecular flexibility index (Phi) is 6.61. The van der Waals surface area contributed by atoms with Crippen LogP contribution in [0.5, 0.6) is 5.75 Å². The summed E-state index contributed by atoms with van der Waals surface area (Å²) >= 11 is 0. The van der Waals surface area contributed by atoms with Crippen molar-refractivity contribution in [3.05, 3.63) is 100 Å². The van der Waals surface area contributed by atoms with Crippen molar-refractivity contribution < 1.29 is 13.9 Å². The van der Waals surface area contributed by atoms with E-state index in [1.54, 1.807) is 31.4 Å². The molecule has 4 nitrogen and oxygen atoms in total. The van der Waals surface area contributed by atoms with Gasteiger partial charge in [-0.3, -0.25) is 4.79 Å². The highest BCUT2D eigenvalue weighted by Gasteiger charge is 2.11. The molecule has 0 radical (unpaired) electrons. The van der Waals surface area contributed by atoms with Crippen LogP contribution in [0.25, 0.3) is 6.08 Å². The monoisotopic (exact) mass is 400 g/mol. The van der Waals surface area contributed by atoms with E-state index in [1.807, 2.05) is 43.3 Å². The van der Waals surface area contributed by atoms with Crippen LogP contribution in [-0.2, 0) is 11.2 Å². The first-order chi connectivity index (χ1) is 14.5. The van der Waals surface area contributed by atoms with Gasteiger partial charge in [0.25, 0.3) is 5.91 Å². The maximum atomic E-state index is 13.4. The average Bonchev–Trinajstić information content (AvgIpc) is 2.72. The van der Waals surface area contributed by atoms with Gasteiger partial charge in [0, 0.05) is 12.1 Å². The van der Waals surface area contributed by atoms with Crippen LogP contribution in [-0.4, -0.2) is 13.0 Å². The number of halogens is 1. The number of carbonyl (C=O) groups is 1. The van der Waals surface area contributed by atoms with Crippen molar-refractivity contribution >= 4 is 17.7 Å². The van der Waals surface area contributed by atoms with Crippen LogP contribution in [0.1, 0.15) is 22.3 Å². The molecule has 5 heteroatoms. The number of hydrogen-bond donors (Lipinski definition) is 1. The molecule has 0 atom stereocenters. The normalized spacial score (nSPS) is 10.9. The number of benzene rings is 3. The summed E-state index contributed by atoms with van der Waals surface area (Å²) < 4.78 is 18.9. The molecule has 0 heterocycles. The van der Waals surface area contributed by atoms with Crippen LogP contribution in [0, 0.1) is 24.1 Å². The molecule has 0 bridgehead atoms. The highest BCUT2D eigenvalue weighted by atomic mass is 19.1. The molecule has 3 rings (SSSR count). The Hall–Kier alpha value is -3.91. The van der Waals surface area contributed by atoms with Crippen LogP contribution in [0.15, 0.2) is 72.3 Å². The van der Waals surface area contributed by atoms with Gasteiger partial charge < -0.3 is 10.1 Å². The lowest BCUT2D eigenvalue weighted by atomic mass is 10.0. The van der Waals surface area contributed by atoms with Gasteiger partial charge in [-0.05, 0) is 65.6 Å². The van der Waals surface area contributed by atoms with Gasteiger partial charge in [-0.1, -0.05) is 36.4 Å². The fourth-order valence-electron chi connectivity index (χ4n) is 3.10. The maximum Gasteiger partial charge on any atom is 0.266 e. The molecule has 1 N–H and O–H groups in total. The largest absolute Gasteiger partial charge is 0.496 e. The van der Waals surface area contributed by atoms with E-state index in [9.17, 15) is 14.4 Å². The quantitative estimate of drug-likeness (QED) is 0.452. The van der Waals surface area contributed by atoms with Gasteiger partial charge in [0.2, 0.25) is 0 Å². The number of carbonyl (C=O) groups excluding carboxylic acids is 1. The number of ether oxygens (including phenoxy) is 1. The predicted octanol–water partition coefficient (Wildman–Crippen LogP) is 5.28. The number of hydrogen-bond acceptors (Lipinski definition) is 3. The minimum Gasteiger partial charge on any atom is -0.496 e. The number of nitrogens with one attached hydrogen (secondary N) is 1. The van der Waals surface area contributed by atoms with Crippen molar-refractivity contribution in [1.82, 2.24) is 0 Å². The predicted molar refractivity (Wildman–Crippen MR) is 116 cm³/mol. The molecule has 30 heavy (non-hydrogen) atoms. The van der Waals surface area contributed by atoms with Gasteiger partial charge in [-0.2, -0.15) is 5.26 Å². The van der Waals surface area contributed by atoms with Crippen LogP contribution >= 0.6 is 0 Å². The molecule has 3 aromatic rings. The number of nitrogens with zero attached hydrogens (tertiary/aromatic N) is 1. The lowest BCUT2D eigenvalue weighted by Gasteiger charge is -2.10. The lowest BCUT2D eigenvalue weighted by Crippen LogP contribution is -2.13. The minimum absolute atomic E-state index is 0.0172. The smallest absolute Gasteiger partial charge is 0.266 e. The van der Waals surface area contributed by atoms with E-state index in [1.165, 1.54) is 18.2 Å². The van der Waals surface area contributed by atoms with E-state index in [0.29, 0.717) is 23.4 Å². The summed E-state index contributed by atoms with van der Waals surface area (Å²) in [6, 6.07) is 21.1. The molecule has 0 aliphatic carbocycles. The number of methoxy groups -OCH3 is 1. The van der Waals surface area contributed by atoms with Gasteiger partial charge >= 0.3 is 0 Å². The summed E-state index contributed by atoms with van der Waals surface area (Å²) in [4.78, 5) is 12.5. The van der Waals surface area contributed by atoms with Crippen LogP contribution in [0.2, 0.25) is 0 Å². The topological polar surface area (TPSA) is 62.1 Å². The third-order valence-corrected chi connectivity index (χ3v) is 4.55. The van der Waals surface area contributed by atoms with E-state index >= 15 is 0 Å². The summed E-state index contributed by atoms with van der Waals surface area (Å²) in [6.45, 7) is 1.92. The van der Waals surface area contributed by atoms with E-state index < -0.39 is 5.91 Å². The average molecular weight is 400 g/mol. The number of aryl methyl sites for hydroxylation is 1. The molecular formula is C25H21FN2O2. The van der Waals surface area contributed by atoms with Crippen LogP contribution < -0.4 is 10.1 Å². The van der Waals surface area contributed by atoms with Crippen molar-refractivity contribution in [2.24, 2.45) is 0 Å². The lowest BCUT2D eigenvalue weighted by molar-refractivity contribution is -0.112. The molecule has 0 aliphatic rings. The van der Waals surface area contributed by atoms with Gasteiger partial charge in [0.15, 0.2) is 0 Å². The van der Waals surface area contributed by atoms with Gasteiger partial charge in [0.05, 0.1) is 7.11 Å². The molecule has 0 saturated heterocycles. The van der Waals surface area contributed by atoms with Gasteiger partial charge in [-0.15, -0.1) is 0 Å². The number of amides is 1. The van der Waals surface area contributed by atoms with Crippen molar-refractivity contribution in [3.63, 3.8) is 0 Å². The zero-order valence-electron chi connectivity index (χ0n) is 16.8. The molecule has 0 saturated carbocycles. The summed E-state index contributed by atoms with van der Waals surface area (Å²) in [5.41, 5.74) is 3.98. The first kappa shape index (κ1) is 20.8. The van der Waals surface area contributed by atoms with E-state index in [4.69, 9.17) is 4.74 Å². The Morgan fingerprint density at radius 3 is 2.63 bits per heavy atom. The number of rotatable bonds is 6. The molecule has 1 amide bonds. The Balaban J connectivity index is 1.82. The fraction of sp³-hybridized carbons (Fsp3) is 0.120. The van der Waals surface area contributed by atoms with Crippen LogP contribution in [0.4, 0.5) is 10.1 Å². The third kappa shape index (κ3) is 5.33. The van der Waals surface area contributed by atoms with Crippen molar-refractivity contribution in [2.75, 3.05) is 12.4 Å². The van der Waals surface area contributed by atoms with Crippen LogP contribution in [0.3, 0.4) is 0 Å². The first-order valence-corrected chi connectivity index (χ1v) is 9.39. The van der Waals surface area contributed by atoms with Crippen molar-refractivity contribution in [3.8, 4) is 11.8 Å². The highest BCUT2D eigenvalue weighted by Crippen LogP contribution is 2.25. The molecule has 0 aromatic heterocycles. The second kappa shape index (κ2) is 9.53. The minimum atomic E-state index is -0.481. The zero-order valence-corrected chi connectivity index (χ0v) is 16.8. The maximum absolute atomic E-state index is 13.4. The second-order valence-corrected chi connectivity index (χ2v) is 6.87. The Morgan fingerprint density at radius 2 is 1.93 bits per heavy atom. The van der Waals surface area contributed by atoms with E-state index in [0.717, 1.165) is 16.7 Å². The molecular weight excluding hydrogens is 379 g/mol. The Morgan fingerprint density at radius 1 is 1.13 bits per heavy atom. The molecule has 3 aromatic carbocycles. The third-order valence-electron chi connectivity index (χ3n) is 4.55. The Bertz CT molecular complexity index is 1150. The van der Waals surface area contributed by atoms with Gasteiger partial charge in [-0.25, -0.2) is 4.39 Å². The summed E-state index contributed by atoms with van der Waals surface area (Å²) in [7, 11) is 1.55. The zero-order chi connectivity index (χ0) is 21.5. The number of nitriles is 1. The standard InChI is InChI=1S/C25H21FN2O2/c1-17-5-3-8-23(11-17)28-25(29)21(16-27)13-19-9-10-20(24(15-19)30-2)12-18-6-4-7-22(26)14-18/h3-11,13-15H,12H2,1-2H3,(H,28,29)/b21-13+. The highest BCUT2D eigenvalue weighted by molar-refractivity contribution is 6.09. The summed E-state index contributed by atoms with van der Waals surface area (Å²) in [5, 5.41) is 12.2. The molecule has 0 spiro atoms. The van der Waals surface area contributed by atoms with E-state index in [-0.39, 0.29) is 11.4 Å². The van der Waals surface area contributed by atoms with Gasteiger partial charge in [0.1, 0.15) is 23.2 Å². The molecule has 150 valence electrons. The van der Waals surface area contributed by atoms with E-state index in [2.05, 4.69) is 5.32 Å². The first-order valence-electron chi connectivity index (χ1n) is 9.39. The summed E-state index contributed by atoms with van der Waals surface area (Å²) in [5.74, 6) is -0.167.